The predicted molar refractivity (Wildman–Crippen MR) is 90.5 cm³/mol. The fraction of sp³-hybridized carbons (Fsp3) is 0.400. The minimum atomic E-state index is -0.644. The Labute approximate surface area is 147 Å². The van der Waals surface area contributed by atoms with Gasteiger partial charge >= 0.3 is 0 Å². The smallest absolute Gasteiger partial charge is 0.184 e. The molecular formula is C20H22O5. The van der Waals surface area contributed by atoms with Gasteiger partial charge in [-0.15, -0.1) is 0 Å². The highest BCUT2D eigenvalue weighted by molar-refractivity contribution is 5.16. The molecule has 0 spiro atoms. The van der Waals surface area contributed by atoms with Crippen molar-refractivity contribution in [2.75, 3.05) is 6.61 Å². The lowest BCUT2D eigenvalue weighted by Gasteiger charge is -2.44. The molecule has 2 heterocycles. The van der Waals surface area contributed by atoms with Gasteiger partial charge in [0.2, 0.25) is 0 Å². The van der Waals surface area contributed by atoms with Crippen molar-refractivity contribution in [3.05, 3.63) is 71.8 Å². The van der Waals surface area contributed by atoms with E-state index in [0.717, 1.165) is 11.1 Å². The maximum absolute atomic E-state index is 10.5. The Bertz CT molecular complexity index is 662. The molecule has 1 N–H and O–H groups in total. The third-order valence-electron chi connectivity index (χ3n) is 4.55. The molecule has 0 bridgehead atoms. The van der Waals surface area contributed by atoms with E-state index >= 15 is 0 Å². The molecule has 5 unspecified atom stereocenters. The zero-order valence-electron chi connectivity index (χ0n) is 13.9. The molecule has 0 radical (unpaired) electrons. The third kappa shape index (κ3) is 3.92. The van der Waals surface area contributed by atoms with Gasteiger partial charge in [0.05, 0.1) is 19.3 Å². The minimum Gasteiger partial charge on any atom is -0.390 e. The van der Waals surface area contributed by atoms with Crippen molar-refractivity contribution in [1.82, 2.24) is 0 Å². The molecule has 0 aromatic heterocycles. The molecule has 0 saturated carbocycles. The number of aliphatic hydroxyl groups is 1. The summed E-state index contributed by atoms with van der Waals surface area (Å²) in [4.78, 5) is 0. The summed E-state index contributed by atoms with van der Waals surface area (Å²) < 4.78 is 23.5. The van der Waals surface area contributed by atoms with Crippen LogP contribution in [0, 0.1) is 0 Å². The van der Waals surface area contributed by atoms with Crippen LogP contribution in [0.15, 0.2) is 60.7 Å². The first-order chi connectivity index (χ1) is 12.3. The van der Waals surface area contributed by atoms with Crippen LogP contribution in [0.2, 0.25) is 0 Å². The van der Waals surface area contributed by atoms with Gasteiger partial charge in [0.15, 0.2) is 12.6 Å². The lowest BCUT2D eigenvalue weighted by molar-refractivity contribution is -0.338. The zero-order valence-corrected chi connectivity index (χ0v) is 13.9. The largest absolute Gasteiger partial charge is 0.390 e. The first-order valence-electron chi connectivity index (χ1n) is 8.60. The van der Waals surface area contributed by atoms with E-state index in [0.29, 0.717) is 19.6 Å². The number of ether oxygens (including phenoxy) is 4. The van der Waals surface area contributed by atoms with E-state index in [1.54, 1.807) is 0 Å². The van der Waals surface area contributed by atoms with Crippen molar-refractivity contribution >= 4 is 0 Å². The van der Waals surface area contributed by atoms with Crippen LogP contribution in [0.3, 0.4) is 0 Å². The summed E-state index contributed by atoms with van der Waals surface area (Å²) in [6.07, 6.45) is -1.93. The van der Waals surface area contributed by atoms with Crippen molar-refractivity contribution in [1.29, 1.82) is 0 Å². The molecule has 5 nitrogen and oxygen atoms in total. The summed E-state index contributed by atoms with van der Waals surface area (Å²) in [5.74, 6) is 0. The number of aliphatic hydroxyl groups excluding tert-OH is 1. The monoisotopic (exact) mass is 342 g/mol. The van der Waals surface area contributed by atoms with Crippen LogP contribution < -0.4 is 0 Å². The molecule has 0 aliphatic carbocycles. The molecule has 2 aliphatic heterocycles. The highest BCUT2D eigenvalue weighted by atomic mass is 16.7. The van der Waals surface area contributed by atoms with Crippen molar-refractivity contribution in [3.8, 4) is 0 Å². The molecule has 5 atom stereocenters. The highest BCUT2D eigenvalue weighted by Crippen LogP contribution is 2.34. The molecule has 2 aromatic carbocycles. The van der Waals surface area contributed by atoms with Crippen molar-refractivity contribution in [2.24, 2.45) is 0 Å². The molecule has 2 saturated heterocycles. The van der Waals surface area contributed by atoms with Gasteiger partial charge in [0, 0.05) is 12.0 Å². The third-order valence-corrected chi connectivity index (χ3v) is 4.55. The van der Waals surface area contributed by atoms with Crippen molar-refractivity contribution in [2.45, 2.75) is 43.9 Å². The van der Waals surface area contributed by atoms with E-state index < -0.39 is 24.8 Å². The average molecular weight is 342 g/mol. The molecule has 0 amide bonds. The standard InChI is InChI=1S/C20H22O5/c21-16-11-18(22-12-14-7-3-1-4-8-14)24-17-13-23-20(25-19(16)17)15-9-5-2-6-10-15/h1-10,16-21H,11-13H2. The van der Waals surface area contributed by atoms with Gasteiger partial charge in [-0.1, -0.05) is 60.7 Å². The molecular weight excluding hydrogens is 320 g/mol. The average Bonchev–Trinajstić information content (AvgIpc) is 2.68. The van der Waals surface area contributed by atoms with Crippen LogP contribution >= 0.6 is 0 Å². The molecule has 4 rings (SSSR count). The Kier molecular flexibility index (Phi) is 5.10. The van der Waals surface area contributed by atoms with Gasteiger partial charge in [-0.2, -0.15) is 0 Å². The van der Waals surface area contributed by atoms with E-state index in [1.165, 1.54) is 0 Å². The molecule has 2 aromatic rings. The molecule has 2 fully saturated rings. The Balaban J connectivity index is 1.35. The zero-order chi connectivity index (χ0) is 17.1. The summed E-state index contributed by atoms with van der Waals surface area (Å²) in [5, 5.41) is 10.5. The van der Waals surface area contributed by atoms with Gasteiger partial charge in [0.25, 0.3) is 0 Å². The molecule has 2 aliphatic rings. The normalized spacial score (nSPS) is 32.1. The Hall–Kier alpha value is -1.76. The van der Waals surface area contributed by atoms with E-state index in [9.17, 15) is 5.11 Å². The maximum atomic E-state index is 10.5. The van der Waals surface area contributed by atoms with Crippen LogP contribution in [0.1, 0.15) is 23.8 Å². The lowest BCUT2D eigenvalue weighted by atomic mass is 10.0. The summed E-state index contributed by atoms with van der Waals surface area (Å²) in [6.45, 7) is 0.816. The second-order valence-corrected chi connectivity index (χ2v) is 6.38. The first-order valence-corrected chi connectivity index (χ1v) is 8.60. The van der Waals surface area contributed by atoms with E-state index in [4.69, 9.17) is 18.9 Å². The Morgan fingerprint density at radius 1 is 0.960 bits per heavy atom. The second-order valence-electron chi connectivity index (χ2n) is 6.38. The van der Waals surface area contributed by atoms with Crippen molar-refractivity contribution in [3.63, 3.8) is 0 Å². The number of hydrogen-bond acceptors (Lipinski definition) is 5. The summed E-state index contributed by atoms with van der Waals surface area (Å²) in [5.41, 5.74) is 2.01. The van der Waals surface area contributed by atoms with Crippen LogP contribution in [0.25, 0.3) is 0 Å². The highest BCUT2D eigenvalue weighted by Gasteiger charge is 2.44. The van der Waals surface area contributed by atoms with Crippen LogP contribution in [0.4, 0.5) is 0 Å². The number of hydrogen-bond donors (Lipinski definition) is 1. The SMILES string of the molecule is OC1CC(OCc2ccccc2)OC2COC(c3ccccc3)OC12. The van der Waals surface area contributed by atoms with E-state index in [2.05, 4.69) is 0 Å². The first kappa shape index (κ1) is 16.7. The van der Waals surface area contributed by atoms with Crippen LogP contribution in [-0.2, 0) is 25.6 Å². The lowest BCUT2D eigenvalue weighted by Crippen LogP contribution is -2.55. The molecule has 25 heavy (non-hydrogen) atoms. The Morgan fingerprint density at radius 3 is 2.44 bits per heavy atom. The quantitative estimate of drug-likeness (QED) is 0.926. The summed E-state index contributed by atoms with van der Waals surface area (Å²) >= 11 is 0. The van der Waals surface area contributed by atoms with Crippen molar-refractivity contribution < 1.29 is 24.1 Å². The van der Waals surface area contributed by atoms with Gasteiger partial charge in [-0.25, -0.2) is 0 Å². The number of fused-ring (bicyclic) bond motifs is 1. The van der Waals surface area contributed by atoms with Gasteiger partial charge < -0.3 is 24.1 Å². The van der Waals surface area contributed by atoms with Gasteiger partial charge in [-0.05, 0) is 5.56 Å². The van der Waals surface area contributed by atoms with E-state index in [-0.39, 0.29) is 6.10 Å². The fourth-order valence-electron chi connectivity index (χ4n) is 3.24. The van der Waals surface area contributed by atoms with E-state index in [1.807, 2.05) is 60.7 Å². The molecule has 132 valence electrons. The number of benzene rings is 2. The summed E-state index contributed by atoms with van der Waals surface area (Å²) in [7, 11) is 0. The predicted octanol–water partition coefficient (Wildman–Crippen LogP) is 2.79. The summed E-state index contributed by atoms with van der Waals surface area (Å²) in [6, 6.07) is 19.6. The maximum Gasteiger partial charge on any atom is 0.184 e. The minimum absolute atomic E-state index is 0.329. The second kappa shape index (κ2) is 7.64. The van der Waals surface area contributed by atoms with Crippen LogP contribution in [0.5, 0.6) is 0 Å². The van der Waals surface area contributed by atoms with Gasteiger partial charge in [0.1, 0.15) is 12.2 Å². The Morgan fingerprint density at radius 2 is 1.68 bits per heavy atom. The number of rotatable bonds is 4. The topological polar surface area (TPSA) is 57.2 Å². The van der Waals surface area contributed by atoms with Crippen LogP contribution in [-0.4, -0.2) is 36.3 Å². The molecule has 5 heteroatoms. The van der Waals surface area contributed by atoms with Gasteiger partial charge in [-0.3, -0.25) is 0 Å². The fourth-order valence-corrected chi connectivity index (χ4v) is 3.24.